The molecule has 0 bridgehead atoms. The second-order valence-corrected chi connectivity index (χ2v) is 9.62. The van der Waals surface area contributed by atoms with Crippen LogP contribution in [0.4, 0.5) is 0 Å². The monoisotopic (exact) mass is 364 g/mol. The van der Waals surface area contributed by atoms with Crippen LogP contribution in [0.2, 0.25) is 0 Å². The average molecular weight is 365 g/mol. The highest BCUT2D eigenvalue weighted by molar-refractivity contribution is 7.89. The summed E-state index contributed by atoms with van der Waals surface area (Å²) in [4.78, 5) is 2.50. The number of rotatable bonds is 7. The summed E-state index contributed by atoms with van der Waals surface area (Å²) in [7, 11) is -3.22. The Morgan fingerprint density at radius 1 is 1.16 bits per heavy atom. The molecule has 3 aliphatic rings. The number of sulfonamides is 1. The van der Waals surface area contributed by atoms with E-state index in [0.29, 0.717) is 6.42 Å². The quantitative estimate of drug-likeness (QED) is 0.803. The summed E-state index contributed by atoms with van der Waals surface area (Å²) < 4.78 is 33.3. The van der Waals surface area contributed by atoms with Crippen LogP contribution in [0.15, 0.2) is 18.2 Å². The smallest absolute Gasteiger partial charge is 0.212 e. The van der Waals surface area contributed by atoms with Gasteiger partial charge in [0.2, 0.25) is 10.0 Å². The highest BCUT2D eigenvalue weighted by atomic mass is 32.2. The molecule has 6 heteroatoms. The number of piperidine rings is 1. The molecule has 0 unspecified atom stereocenters. The zero-order valence-electron chi connectivity index (χ0n) is 14.7. The third-order valence-corrected chi connectivity index (χ3v) is 6.99. The lowest BCUT2D eigenvalue weighted by molar-refractivity contribution is 0.200. The normalized spacial score (nSPS) is 21.9. The van der Waals surface area contributed by atoms with Crippen LogP contribution in [0.5, 0.6) is 5.75 Å². The first-order chi connectivity index (χ1) is 12.1. The summed E-state index contributed by atoms with van der Waals surface area (Å²) in [6.45, 7) is 3.99. The van der Waals surface area contributed by atoms with Gasteiger partial charge in [0.25, 0.3) is 0 Å². The molecule has 5 nitrogen and oxygen atoms in total. The minimum Gasteiger partial charge on any atom is -0.493 e. The van der Waals surface area contributed by atoms with E-state index >= 15 is 0 Å². The average Bonchev–Trinajstić information content (AvgIpc) is 3.28. The summed E-state index contributed by atoms with van der Waals surface area (Å²) >= 11 is 0. The van der Waals surface area contributed by atoms with Crippen LogP contribution in [-0.2, 0) is 22.9 Å². The second-order valence-electron chi connectivity index (χ2n) is 7.75. The standard InChI is InChI=1S/C19H28N2O3S/c22-25(23,12-8-15-3-4-19-17(13-15)7-11-24-19)20-18-5-9-21(10-6-18)14-16-1-2-16/h3-4,13,16,18,20H,1-2,5-12,14H2. The highest BCUT2D eigenvalue weighted by Crippen LogP contribution is 2.30. The first-order valence-corrected chi connectivity index (χ1v) is 11.2. The molecule has 0 aromatic heterocycles. The zero-order valence-corrected chi connectivity index (χ0v) is 15.6. The molecule has 1 saturated carbocycles. The van der Waals surface area contributed by atoms with Crippen LogP contribution < -0.4 is 9.46 Å². The van der Waals surface area contributed by atoms with Crippen molar-refractivity contribution >= 4 is 10.0 Å². The Labute approximate surface area is 150 Å². The van der Waals surface area contributed by atoms with E-state index in [1.54, 1.807) is 0 Å². The Bertz CT molecular complexity index is 707. The molecular formula is C19H28N2O3S. The maximum atomic E-state index is 12.4. The Hall–Kier alpha value is -1.11. The summed E-state index contributed by atoms with van der Waals surface area (Å²) in [5, 5.41) is 0. The van der Waals surface area contributed by atoms with Crippen LogP contribution in [-0.4, -0.2) is 51.4 Å². The van der Waals surface area contributed by atoms with Gasteiger partial charge in [0.1, 0.15) is 5.75 Å². The van der Waals surface area contributed by atoms with Crippen molar-refractivity contribution in [3.8, 4) is 5.75 Å². The first-order valence-electron chi connectivity index (χ1n) is 9.54. The van der Waals surface area contributed by atoms with Crippen molar-refractivity contribution in [3.63, 3.8) is 0 Å². The maximum absolute atomic E-state index is 12.4. The lowest BCUT2D eigenvalue weighted by atomic mass is 10.1. The number of nitrogens with zero attached hydrogens (tertiary/aromatic N) is 1. The summed E-state index contributed by atoms with van der Waals surface area (Å²) in [5.74, 6) is 2.02. The van der Waals surface area contributed by atoms with Crippen LogP contribution in [0.3, 0.4) is 0 Å². The van der Waals surface area contributed by atoms with E-state index in [1.807, 2.05) is 12.1 Å². The molecule has 4 rings (SSSR count). The van der Waals surface area contributed by atoms with Crippen molar-refractivity contribution in [1.82, 2.24) is 9.62 Å². The van der Waals surface area contributed by atoms with Crippen molar-refractivity contribution in [2.75, 3.05) is 32.0 Å². The van der Waals surface area contributed by atoms with Gasteiger partial charge in [-0.3, -0.25) is 0 Å². The SMILES string of the molecule is O=S(=O)(CCc1ccc2c(c1)CCO2)NC1CCN(CC2CC2)CC1. The fraction of sp³-hybridized carbons (Fsp3) is 0.684. The van der Waals surface area contributed by atoms with Crippen molar-refractivity contribution in [2.24, 2.45) is 5.92 Å². The molecule has 0 spiro atoms. The minimum absolute atomic E-state index is 0.105. The van der Waals surface area contributed by atoms with E-state index in [4.69, 9.17) is 4.74 Å². The second kappa shape index (κ2) is 7.25. The number of hydrogen-bond donors (Lipinski definition) is 1. The maximum Gasteiger partial charge on any atom is 0.212 e. The van der Waals surface area contributed by atoms with Crippen LogP contribution in [0, 0.1) is 5.92 Å². The molecule has 1 aromatic carbocycles. The van der Waals surface area contributed by atoms with Crippen LogP contribution >= 0.6 is 0 Å². The van der Waals surface area contributed by atoms with Gasteiger partial charge in [-0.2, -0.15) is 0 Å². The Kier molecular flexibility index (Phi) is 5.02. The summed E-state index contributed by atoms with van der Waals surface area (Å²) in [6.07, 6.45) is 6.10. The van der Waals surface area contributed by atoms with Crippen molar-refractivity contribution in [2.45, 2.75) is 44.6 Å². The Balaban J connectivity index is 1.24. The van der Waals surface area contributed by atoms with Gasteiger partial charge in [-0.1, -0.05) is 12.1 Å². The lowest BCUT2D eigenvalue weighted by Crippen LogP contribution is -2.45. The zero-order chi connectivity index (χ0) is 17.3. The third kappa shape index (κ3) is 4.74. The van der Waals surface area contributed by atoms with Crippen LogP contribution in [0.1, 0.15) is 36.8 Å². The lowest BCUT2D eigenvalue weighted by Gasteiger charge is -2.32. The van der Waals surface area contributed by atoms with Gasteiger partial charge in [-0.05, 0) is 68.3 Å². The highest BCUT2D eigenvalue weighted by Gasteiger charge is 2.28. The molecule has 0 radical (unpaired) electrons. The number of hydrogen-bond acceptors (Lipinski definition) is 4. The van der Waals surface area contributed by atoms with Gasteiger partial charge < -0.3 is 9.64 Å². The molecular weight excluding hydrogens is 336 g/mol. The van der Waals surface area contributed by atoms with Crippen molar-refractivity contribution < 1.29 is 13.2 Å². The van der Waals surface area contributed by atoms with Gasteiger partial charge in [0.05, 0.1) is 12.4 Å². The molecule has 1 N–H and O–H groups in total. The number of ether oxygens (including phenoxy) is 1. The van der Waals surface area contributed by atoms with Gasteiger partial charge in [0, 0.05) is 19.0 Å². The van der Waals surface area contributed by atoms with Gasteiger partial charge in [-0.15, -0.1) is 0 Å². The summed E-state index contributed by atoms with van der Waals surface area (Å²) in [6, 6.07) is 6.14. The largest absolute Gasteiger partial charge is 0.493 e. The van der Waals surface area contributed by atoms with E-state index < -0.39 is 10.0 Å². The van der Waals surface area contributed by atoms with Gasteiger partial charge in [0.15, 0.2) is 0 Å². The third-order valence-electron chi connectivity index (χ3n) is 5.56. The van der Waals surface area contributed by atoms with E-state index in [1.165, 1.54) is 24.9 Å². The van der Waals surface area contributed by atoms with E-state index in [0.717, 1.165) is 56.2 Å². The van der Waals surface area contributed by atoms with E-state index in [9.17, 15) is 8.42 Å². The van der Waals surface area contributed by atoms with E-state index in [2.05, 4.69) is 15.7 Å². The molecule has 25 heavy (non-hydrogen) atoms. The summed E-state index contributed by atoms with van der Waals surface area (Å²) in [5.41, 5.74) is 2.28. The minimum atomic E-state index is -3.22. The predicted octanol–water partition coefficient (Wildman–Crippen LogP) is 1.96. The molecule has 2 fully saturated rings. The molecule has 1 aliphatic carbocycles. The fourth-order valence-electron chi connectivity index (χ4n) is 3.86. The number of nitrogens with one attached hydrogen (secondary N) is 1. The Morgan fingerprint density at radius 2 is 1.96 bits per heavy atom. The van der Waals surface area contributed by atoms with Gasteiger partial charge >= 0.3 is 0 Å². The topological polar surface area (TPSA) is 58.6 Å². The van der Waals surface area contributed by atoms with E-state index in [-0.39, 0.29) is 11.8 Å². The first kappa shape index (κ1) is 17.3. The van der Waals surface area contributed by atoms with Gasteiger partial charge in [-0.25, -0.2) is 13.1 Å². The molecule has 0 atom stereocenters. The fourth-order valence-corrected chi connectivity index (χ4v) is 5.23. The molecule has 1 saturated heterocycles. The molecule has 2 heterocycles. The molecule has 0 amide bonds. The molecule has 138 valence electrons. The van der Waals surface area contributed by atoms with Crippen molar-refractivity contribution in [3.05, 3.63) is 29.3 Å². The molecule has 1 aromatic rings. The number of fused-ring (bicyclic) bond motifs is 1. The number of likely N-dealkylation sites (tertiary alicyclic amines) is 1. The predicted molar refractivity (Wildman–Crippen MR) is 98.5 cm³/mol. The van der Waals surface area contributed by atoms with Crippen molar-refractivity contribution in [1.29, 1.82) is 0 Å². The number of benzene rings is 1. The number of aryl methyl sites for hydroxylation is 1. The molecule has 2 aliphatic heterocycles. The Morgan fingerprint density at radius 3 is 2.72 bits per heavy atom. The van der Waals surface area contributed by atoms with Crippen LogP contribution in [0.25, 0.3) is 0 Å².